The highest BCUT2D eigenvalue weighted by molar-refractivity contribution is 5.94. The van der Waals surface area contributed by atoms with Crippen LogP contribution in [0.4, 0.5) is 13.2 Å². The summed E-state index contributed by atoms with van der Waals surface area (Å²) in [7, 11) is 1.50. The molecule has 1 saturated heterocycles. The van der Waals surface area contributed by atoms with Crippen molar-refractivity contribution in [1.82, 2.24) is 20.9 Å². The predicted octanol–water partition coefficient (Wildman–Crippen LogP) is 0.0288. The predicted molar refractivity (Wildman–Crippen MR) is 133 cm³/mol. The molecule has 6 N–H and O–H groups in total. The second kappa shape index (κ2) is 14.2. The van der Waals surface area contributed by atoms with Crippen molar-refractivity contribution in [2.24, 2.45) is 5.73 Å². The number of benzene rings is 1. The van der Waals surface area contributed by atoms with Gasteiger partial charge in [0.25, 0.3) is 0 Å². The number of carbonyl (C=O) groups is 4. The number of nitrogens with two attached hydrogens (primary N) is 1. The minimum atomic E-state index is -5.07. The second-order valence-electron chi connectivity index (χ2n) is 9.33. The van der Waals surface area contributed by atoms with Gasteiger partial charge in [-0.1, -0.05) is 30.3 Å². The van der Waals surface area contributed by atoms with Crippen molar-refractivity contribution in [3.05, 3.63) is 35.9 Å². The maximum atomic E-state index is 13.4. The number of rotatable bonds is 13. The van der Waals surface area contributed by atoms with Crippen LogP contribution in [0.1, 0.15) is 38.2 Å². The SMILES string of the molecule is CNC(C)C(=O)NC(CCC(=O)C(F)(F)F)C(=O)N1CCCC1C(=O)NC(Cc1ccccc1)C(O)CN. The molecule has 1 heterocycles. The van der Waals surface area contributed by atoms with Crippen LogP contribution in [-0.4, -0.2) is 90.1 Å². The number of likely N-dealkylation sites (N-methyl/N-ethyl adjacent to an activating group) is 1. The molecule has 1 aliphatic heterocycles. The monoisotopic (exact) mass is 543 g/mol. The molecule has 1 aromatic carbocycles. The van der Waals surface area contributed by atoms with Crippen LogP contribution >= 0.6 is 0 Å². The third-order valence-electron chi connectivity index (χ3n) is 6.59. The first-order valence-corrected chi connectivity index (χ1v) is 12.5. The van der Waals surface area contributed by atoms with Gasteiger partial charge >= 0.3 is 6.18 Å². The summed E-state index contributed by atoms with van der Waals surface area (Å²) in [6.45, 7) is 1.52. The van der Waals surface area contributed by atoms with Gasteiger partial charge in [0, 0.05) is 19.5 Å². The molecular formula is C25H36F3N5O5. The number of ketones is 1. The molecule has 5 unspecified atom stereocenters. The van der Waals surface area contributed by atoms with Gasteiger partial charge in [-0.3, -0.25) is 19.2 Å². The van der Waals surface area contributed by atoms with Crippen LogP contribution in [0.15, 0.2) is 30.3 Å². The molecule has 0 saturated carbocycles. The summed E-state index contributed by atoms with van der Waals surface area (Å²) in [5.74, 6) is -3.96. The Morgan fingerprint density at radius 2 is 1.82 bits per heavy atom. The Kier molecular flexibility index (Phi) is 11.7. The maximum Gasteiger partial charge on any atom is 0.449 e. The van der Waals surface area contributed by atoms with Gasteiger partial charge in [0.2, 0.25) is 23.5 Å². The van der Waals surface area contributed by atoms with Gasteiger partial charge in [0.15, 0.2) is 0 Å². The van der Waals surface area contributed by atoms with Gasteiger partial charge in [-0.2, -0.15) is 13.2 Å². The molecular weight excluding hydrogens is 507 g/mol. The Balaban J connectivity index is 2.19. The summed E-state index contributed by atoms with van der Waals surface area (Å²) in [4.78, 5) is 51.7. The van der Waals surface area contributed by atoms with E-state index in [1.54, 1.807) is 0 Å². The van der Waals surface area contributed by atoms with Gasteiger partial charge in [0.1, 0.15) is 12.1 Å². The third kappa shape index (κ3) is 8.77. The summed E-state index contributed by atoms with van der Waals surface area (Å²) in [5, 5.41) is 18.2. The summed E-state index contributed by atoms with van der Waals surface area (Å²) < 4.78 is 38.3. The fourth-order valence-corrected chi connectivity index (χ4v) is 4.20. The molecule has 10 nitrogen and oxygen atoms in total. The summed E-state index contributed by atoms with van der Waals surface area (Å²) >= 11 is 0. The minimum Gasteiger partial charge on any atom is -0.390 e. The van der Waals surface area contributed by atoms with Crippen molar-refractivity contribution in [1.29, 1.82) is 0 Å². The molecule has 1 aromatic rings. The zero-order valence-electron chi connectivity index (χ0n) is 21.5. The van der Waals surface area contributed by atoms with E-state index in [2.05, 4.69) is 16.0 Å². The molecule has 0 radical (unpaired) electrons. The fourth-order valence-electron chi connectivity index (χ4n) is 4.20. The van der Waals surface area contributed by atoms with Crippen molar-refractivity contribution < 1.29 is 37.5 Å². The summed E-state index contributed by atoms with van der Waals surface area (Å²) in [5.41, 5.74) is 6.47. The van der Waals surface area contributed by atoms with E-state index in [9.17, 15) is 37.5 Å². The maximum absolute atomic E-state index is 13.4. The highest BCUT2D eigenvalue weighted by Gasteiger charge is 2.41. The van der Waals surface area contributed by atoms with E-state index >= 15 is 0 Å². The number of hydrogen-bond donors (Lipinski definition) is 5. The van der Waals surface area contributed by atoms with Crippen molar-refractivity contribution in [3.8, 4) is 0 Å². The average molecular weight is 544 g/mol. The van der Waals surface area contributed by atoms with Crippen LogP contribution in [0, 0.1) is 0 Å². The minimum absolute atomic E-state index is 0.115. The molecule has 3 amide bonds. The van der Waals surface area contributed by atoms with E-state index in [0.717, 1.165) is 5.56 Å². The highest BCUT2D eigenvalue weighted by Crippen LogP contribution is 2.23. The number of hydrogen-bond acceptors (Lipinski definition) is 7. The first-order valence-electron chi connectivity index (χ1n) is 12.5. The Morgan fingerprint density at radius 1 is 1.16 bits per heavy atom. The number of Topliss-reactive ketones (excluding diaryl/α,β-unsaturated/α-hetero) is 1. The summed E-state index contributed by atoms with van der Waals surface area (Å²) in [6.07, 6.45) is -6.69. The molecule has 38 heavy (non-hydrogen) atoms. The molecule has 1 aliphatic rings. The van der Waals surface area contributed by atoms with E-state index in [-0.39, 0.29) is 25.9 Å². The van der Waals surface area contributed by atoms with E-state index < -0.39 is 72.8 Å². The van der Waals surface area contributed by atoms with E-state index in [0.29, 0.717) is 6.42 Å². The van der Waals surface area contributed by atoms with Crippen LogP contribution in [0.5, 0.6) is 0 Å². The number of amides is 3. The Bertz CT molecular complexity index is 962. The highest BCUT2D eigenvalue weighted by atomic mass is 19.4. The smallest absolute Gasteiger partial charge is 0.390 e. The van der Waals surface area contributed by atoms with E-state index in [1.807, 2.05) is 30.3 Å². The normalized spacial score (nSPS) is 18.8. The standard InChI is InChI=1S/C25H36F3N5O5/c1-15(30-2)22(36)31-17(10-11-21(35)25(26,27)28)24(38)33-12-6-9-19(33)23(37)32-18(20(34)14-29)13-16-7-4-3-5-8-16/h3-5,7-8,15,17-20,30,34H,6,9-14,29H2,1-2H3,(H,31,36)(H,32,37). The van der Waals surface area contributed by atoms with E-state index in [4.69, 9.17) is 5.73 Å². The molecule has 0 bridgehead atoms. The van der Waals surface area contributed by atoms with Crippen LogP contribution in [0.2, 0.25) is 0 Å². The zero-order valence-corrected chi connectivity index (χ0v) is 21.5. The molecule has 212 valence electrons. The van der Waals surface area contributed by atoms with E-state index in [1.165, 1.54) is 18.9 Å². The number of aliphatic hydroxyl groups is 1. The first-order chi connectivity index (χ1) is 17.9. The molecule has 5 atom stereocenters. The fraction of sp³-hybridized carbons (Fsp3) is 0.600. The van der Waals surface area contributed by atoms with Gasteiger partial charge < -0.3 is 31.7 Å². The van der Waals surface area contributed by atoms with Crippen molar-refractivity contribution >= 4 is 23.5 Å². The van der Waals surface area contributed by atoms with Crippen molar-refractivity contribution in [3.63, 3.8) is 0 Å². The van der Waals surface area contributed by atoms with Crippen molar-refractivity contribution in [2.45, 2.75) is 75.5 Å². The largest absolute Gasteiger partial charge is 0.449 e. The lowest BCUT2D eigenvalue weighted by molar-refractivity contribution is -0.171. The van der Waals surface area contributed by atoms with Gasteiger partial charge in [0.05, 0.1) is 18.2 Å². The number of alkyl halides is 3. The lowest BCUT2D eigenvalue weighted by Crippen LogP contribution is -2.57. The number of aliphatic hydroxyl groups excluding tert-OH is 1. The van der Waals surface area contributed by atoms with Gasteiger partial charge in [-0.25, -0.2) is 0 Å². The number of carbonyl (C=O) groups excluding carboxylic acids is 4. The quantitative estimate of drug-likeness (QED) is 0.235. The zero-order chi connectivity index (χ0) is 28.5. The molecule has 1 fully saturated rings. The number of nitrogens with zero attached hydrogens (tertiary/aromatic N) is 1. The lowest BCUT2D eigenvalue weighted by atomic mass is 10.0. The molecule has 0 aliphatic carbocycles. The van der Waals surface area contributed by atoms with Gasteiger partial charge in [-0.05, 0) is 45.2 Å². The average Bonchev–Trinajstić information content (AvgIpc) is 3.39. The number of nitrogens with one attached hydrogen (secondary N) is 3. The lowest BCUT2D eigenvalue weighted by Gasteiger charge is -2.31. The van der Waals surface area contributed by atoms with Crippen LogP contribution in [0.3, 0.4) is 0 Å². The Hall–Kier alpha value is -3.03. The second-order valence-corrected chi connectivity index (χ2v) is 9.33. The topological polar surface area (TPSA) is 154 Å². The molecule has 0 spiro atoms. The van der Waals surface area contributed by atoms with Crippen LogP contribution < -0.4 is 21.7 Å². The molecule has 0 aromatic heterocycles. The summed E-state index contributed by atoms with van der Waals surface area (Å²) in [6, 6.07) is 5.21. The number of halogens is 3. The van der Waals surface area contributed by atoms with Crippen molar-refractivity contribution in [2.75, 3.05) is 20.1 Å². The van der Waals surface area contributed by atoms with Gasteiger partial charge in [-0.15, -0.1) is 0 Å². The van der Waals surface area contributed by atoms with Crippen LogP contribution in [-0.2, 0) is 25.6 Å². The molecule has 2 rings (SSSR count). The van der Waals surface area contributed by atoms with Crippen LogP contribution in [0.25, 0.3) is 0 Å². The number of likely N-dealkylation sites (tertiary alicyclic amines) is 1. The Morgan fingerprint density at radius 3 is 2.39 bits per heavy atom. The first kappa shape index (κ1) is 31.2. The molecule has 13 heteroatoms. The third-order valence-corrected chi connectivity index (χ3v) is 6.59. The Labute approximate surface area is 219 Å².